The molecule has 0 spiro atoms. The van der Waals surface area contributed by atoms with E-state index in [4.69, 9.17) is 20.6 Å². The minimum Gasteiger partial charge on any atom is -0.491 e. The van der Waals surface area contributed by atoms with Gasteiger partial charge in [-0.25, -0.2) is 4.79 Å². The van der Waals surface area contributed by atoms with Crippen LogP contribution in [-0.4, -0.2) is 37.2 Å². The van der Waals surface area contributed by atoms with E-state index in [1.165, 1.54) is 12.7 Å². The van der Waals surface area contributed by atoms with Gasteiger partial charge in [0.2, 0.25) is 0 Å². The van der Waals surface area contributed by atoms with Crippen molar-refractivity contribution >= 4 is 29.9 Å². The smallest absolute Gasteiger partial charge is 0.333 e. The van der Waals surface area contributed by atoms with Crippen molar-refractivity contribution < 1.29 is 19.4 Å². The number of nitrogens with two attached hydrogens (primary N) is 1. The third kappa shape index (κ3) is 5.89. The standard InChI is InChI=1S/C23H29N3O4.ClH/c1-3-14-12-17(15-4-5-15)13-19(21(14)30-11-10-27)20(23(28)29-2)26-18-8-6-16(7-9-18)22(24)25;/h6-9,12-13,15,20,26-27H,3-5,10-11H2,1-2H3,(H3,24,25);1H. The Bertz CT molecular complexity index is 914. The Morgan fingerprint density at radius 1 is 1.29 bits per heavy atom. The molecule has 31 heavy (non-hydrogen) atoms. The van der Waals surface area contributed by atoms with Gasteiger partial charge < -0.3 is 25.6 Å². The second-order valence-corrected chi connectivity index (χ2v) is 7.39. The molecule has 2 aromatic rings. The number of aliphatic hydroxyl groups is 1. The highest BCUT2D eigenvalue weighted by molar-refractivity contribution is 5.95. The minimum atomic E-state index is -0.782. The number of ether oxygens (including phenoxy) is 2. The predicted octanol–water partition coefficient (Wildman–Crippen LogP) is 3.53. The van der Waals surface area contributed by atoms with Crippen LogP contribution in [0.2, 0.25) is 0 Å². The number of amidine groups is 1. The summed E-state index contributed by atoms with van der Waals surface area (Å²) in [5.74, 6) is 0.665. The van der Waals surface area contributed by atoms with E-state index in [0.717, 1.165) is 24.8 Å². The average Bonchev–Trinajstić information content (AvgIpc) is 3.60. The molecule has 0 radical (unpaired) electrons. The summed E-state index contributed by atoms with van der Waals surface area (Å²) >= 11 is 0. The van der Waals surface area contributed by atoms with E-state index >= 15 is 0 Å². The second kappa shape index (κ2) is 11.0. The summed E-state index contributed by atoms with van der Waals surface area (Å²) in [6.07, 6.45) is 3.03. The maximum Gasteiger partial charge on any atom is 0.333 e. The van der Waals surface area contributed by atoms with Crippen LogP contribution in [0.1, 0.15) is 54.0 Å². The lowest BCUT2D eigenvalue weighted by Gasteiger charge is -2.24. The van der Waals surface area contributed by atoms with Crippen molar-refractivity contribution in [3.05, 3.63) is 58.7 Å². The van der Waals surface area contributed by atoms with Gasteiger partial charge >= 0.3 is 5.97 Å². The molecule has 168 valence electrons. The summed E-state index contributed by atoms with van der Waals surface area (Å²) in [5.41, 5.74) is 9.72. The van der Waals surface area contributed by atoms with Gasteiger partial charge in [0.1, 0.15) is 18.2 Å². The number of carbonyl (C=O) groups excluding carboxylic acids is 1. The van der Waals surface area contributed by atoms with Gasteiger partial charge in [-0.1, -0.05) is 13.0 Å². The summed E-state index contributed by atoms with van der Waals surface area (Å²) in [4.78, 5) is 12.8. The van der Waals surface area contributed by atoms with Crippen molar-refractivity contribution in [3.8, 4) is 5.75 Å². The molecule has 0 aromatic heterocycles. The van der Waals surface area contributed by atoms with Crippen LogP contribution in [-0.2, 0) is 16.0 Å². The SMILES string of the molecule is CCc1cc(C2CC2)cc(C(Nc2ccc(C(=N)N)cc2)C(=O)OC)c1OCCO.Cl. The number of nitrogens with one attached hydrogen (secondary N) is 2. The first kappa shape index (κ1) is 24.5. The third-order valence-corrected chi connectivity index (χ3v) is 5.24. The minimum absolute atomic E-state index is 0. The van der Waals surface area contributed by atoms with Crippen LogP contribution < -0.4 is 15.8 Å². The highest BCUT2D eigenvalue weighted by Crippen LogP contribution is 2.44. The Kier molecular flexibility index (Phi) is 8.71. The Hall–Kier alpha value is -2.77. The van der Waals surface area contributed by atoms with Crippen LogP contribution in [0.3, 0.4) is 0 Å². The molecule has 0 heterocycles. The number of halogens is 1. The van der Waals surface area contributed by atoms with Gasteiger partial charge in [0, 0.05) is 16.8 Å². The molecule has 8 heteroatoms. The molecule has 0 bridgehead atoms. The molecule has 0 saturated heterocycles. The van der Waals surface area contributed by atoms with Crippen LogP contribution in [0.25, 0.3) is 0 Å². The quantitative estimate of drug-likeness (QED) is 0.251. The number of aliphatic hydroxyl groups excluding tert-OH is 1. The maximum absolute atomic E-state index is 12.8. The van der Waals surface area contributed by atoms with Crippen LogP contribution in [0.5, 0.6) is 5.75 Å². The van der Waals surface area contributed by atoms with Gasteiger partial charge in [-0.05, 0) is 66.6 Å². The summed E-state index contributed by atoms with van der Waals surface area (Å²) in [7, 11) is 1.36. The van der Waals surface area contributed by atoms with Crippen molar-refractivity contribution in [2.24, 2.45) is 5.73 Å². The lowest BCUT2D eigenvalue weighted by Crippen LogP contribution is -2.24. The van der Waals surface area contributed by atoms with Crippen molar-refractivity contribution in [3.63, 3.8) is 0 Å². The fourth-order valence-corrected chi connectivity index (χ4v) is 3.49. The number of hydrogen-bond donors (Lipinski definition) is 4. The second-order valence-electron chi connectivity index (χ2n) is 7.39. The largest absolute Gasteiger partial charge is 0.491 e. The zero-order valence-electron chi connectivity index (χ0n) is 17.8. The Labute approximate surface area is 188 Å². The van der Waals surface area contributed by atoms with Crippen molar-refractivity contribution in [2.45, 2.75) is 38.1 Å². The Morgan fingerprint density at radius 3 is 2.48 bits per heavy atom. The Morgan fingerprint density at radius 2 is 1.97 bits per heavy atom. The summed E-state index contributed by atoms with van der Waals surface area (Å²) < 4.78 is 11.0. The van der Waals surface area contributed by atoms with Crippen LogP contribution >= 0.6 is 12.4 Å². The van der Waals surface area contributed by atoms with Gasteiger partial charge in [0.25, 0.3) is 0 Å². The average molecular weight is 448 g/mol. The summed E-state index contributed by atoms with van der Waals surface area (Å²) in [5, 5.41) is 20.0. The van der Waals surface area contributed by atoms with Gasteiger partial charge in [-0.15, -0.1) is 12.4 Å². The topological polar surface area (TPSA) is 118 Å². The van der Waals surface area contributed by atoms with E-state index in [9.17, 15) is 9.90 Å². The molecule has 0 aliphatic heterocycles. The van der Waals surface area contributed by atoms with E-state index in [-0.39, 0.29) is 31.5 Å². The van der Waals surface area contributed by atoms with Gasteiger partial charge in [-0.2, -0.15) is 0 Å². The van der Waals surface area contributed by atoms with Crippen LogP contribution in [0.15, 0.2) is 36.4 Å². The number of benzene rings is 2. The highest BCUT2D eigenvalue weighted by Gasteiger charge is 2.31. The van der Waals surface area contributed by atoms with E-state index in [2.05, 4.69) is 11.4 Å². The van der Waals surface area contributed by atoms with Crippen molar-refractivity contribution in [1.82, 2.24) is 0 Å². The molecule has 1 aliphatic rings. The molecule has 1 unspecified atom stereocenters. The number of hydrogen-bond acceptors (Lipinski definition) is 6. The number of rotatable bonds is 10. The first-order chi connectivity index (χ1) is 14.5. The van der Waals surface area contributed by atoms with E-state index in [1.54, 1.807) is 24.3 Å². The number of aryl methyl sites for hydroxylation is 1. The Balaban J connectivity index is 0.00000341. The molecule has 0 amide bonds. The maximum atomic E-state index is 12.8. The molecule has 2 aromatic carbocycles. The van der Waals surface area contributed by atoms with Gasteiger partial charge in [-0.3, -0.25) is 5.41 Å². The predicted molar refractivity (Wildman–Crippen MR) is 123 cm³/mol. The molecule has 5 N–H and O–H groups in total. The lowest BCUT2D eigenvalue weighted by molar-refractivity contribution is -0.141. The normalized spacial score (nSPS) is 13.6. The molecule has 1 atom stereocenters. The number of esters is 1. The third-order valence-electron chi connectivity index (χ3n) is 5.24. The molecular formula is C23H30ClN3O4. The summed E-state index contributed by atoms with van der Waals surface area (Å²) in [6.45, 7) is 2.07. The van der Waals surface area contributed by atoms with Gasteiger partial charge in [0.15, 0.2) is 6.04 Å². The molecule has 7 nitrogen and oxygen atoms in total. The van der Waals surface area contributed by atoms with E-state index in [1.807, 2.05) is 13.0 Å². The van der Waals surface area contributed by atoms with Crippen molar-refractivity contribution in [1.29, 1.82) is 5.41 Å². The van der Waals surface area contributed by atoms with E-state index in [0.29, 0.717) is 28.5 Å². The number of nitrogen functional groups attached to an aromatic ring is 1. The molecule has 3 rings (SSSR count). The fourth-order valence-electron chi connectivity index (χ4n) is 3.49. The molecule has 1 saturated carbocycles. The first-order valence-corrected chi connectivity index (χ1v) is 10.2. The van der Waals surface area contributed by atoms with Crippen LogP contribution in [0, 0.1) is 5.41 Å². The van der Waals surface area contributed by atoms with Gasteiger partial charge in [0.05, 0.1) is 13.7 Å². The lowest BCUT2D eigenvalue weighted by atomic mass is 9.95. The zero-order chi connectivity index (χ0) is 21.7. The highest BCUT2D eigenvalue weighted by atomic mass is 35.5. The number of methoxy groups -OCH3 is 1. The zero-order valence-corrected chi connectivity index (χ0v) is 18.6. The van der Waals surface area contributed by atoms with E-state index < -0.39 is 12.0 Å². The first-order valence-electron chi connectivity index (χ1n) is 10.2. The summed E-state index contributed by atoms with van der Waals surface area (Å²) in [6, 6.07) is 10.4. The number of anilines is 1. The monoisotopic (exact) mass is 447 g/mol. The molecule has 1 fully saturated rings. The van der Waals surface area contributed by atoms with Crippen LogP contribution in [0.4, 0.5) is 5.69 Å². The number of carbonyl (C=O) groups is 1. The van der Waals surface area contributed by atoms with Crippen molar-refractivity contribution in [2.75, 3.05) is 25.6 Å². The fraction of sp³-hybridized carbons (Fsp3) is 0.391. The molecule has 1 aliphatic carbocycles. The molecular weight excluding hydrogens is 418 g/mol.